The van der Waals surface area contributed by atoms with Gasteiger partial charge < -0.3 is 10.1 Å². The molecule has 19 heavy (non-hydrogen) atoms. The molecule has 0 radical (unpaired) electrons. The first-order chi connectivity index (χ1) is 9.19. The molecule has 3 heteroatoms. The zero-order chi connectivity index (χ0) is 13.7. The van der Waals surface area contributed by atoms with E-state index in [1.807, 2.05) is 31.2 Å². The molecule has 0 aromatic heterocycles. The van der Waals surface area contributed by atoms with Crippen molar-refractivity contribution in [3.63, 3.8) is 0 Å². The fourth-order valence-electron chi connectivity index (χ4n) is 1.97. The Balaban J connectivity index is 2.05. The van der Waals surface area contributed by atoms with E-state index in [4.69, 9.17) is 4.74 Å². The van der Waals surface area contributed by atoms with Gasteiger partial charge in [0.2, 0.25) is 0 Å². The van der Waals surface area contributed by atoms with Crippen molar-refractivity contribution in [1.29, 1.82) is 0 Å². The lowest BCUT2D eigenvalue weighted by atomic mass is 10.1. The van der Waals surface area contributed by atoms with Gasteiger partial charge in [0.05, 0.1) is 6.61 Å². The van der Waals surface area contributed by atoms with Crippen LogP contribution >= 0.6 is 0 Å². The molecule has 0 fully saturated rings. The van der Waals surface area contributed by atoms with E-state index < -0.39 is 0 Å². The highest BCUT2D eigenvalue weighted by molar-refractivity contribution is 5.46. The molecular formula is C16H18FNO. The number of benzene rings is 2. The van der Waals surface area contributed by atoms with E-state index in [2.05, 4.69) is 5.32 Å². The summed E-state index contributed by atoms with van der Waals surface area (Å²) in [6.07, 6.45) is 0. The molecule has 2 rings (SSSR count). The molecule has 2 nitrogen and oxygen atoms in total. The minimum absolute atomic E-state index is 0.199. The first kappa shape index (κ1) is 13.6. The molecule has 0 unspecified atom stereocenters. The molecule has 2 aromatic rings. The predicted octanol–water partition coefficient (Wildman–Crippen LogP) is 3.89. The quantitative estimate of drug-likeness (QED) is 0.879. The SMILES string of the molecule is COCc1cccc(NCc2cc(F)ccc2C)c1. The third-order valence-corrected chi connectivity index (χ3v) is 3.03. The Morgan fingerprint density at radius 2 is 2.00 bits per heavy atom. The lowest BCUT2D eigenvalue weighted by molar-refractivity contribution is 0.185. The van der Waals surface area contributed by atoms with Crippen molar-refractivity contribution in [2.75, 3.05) is 12.4 Å². The maximum Gasteiger partial charge on any atom is 0.123 e. The van der Waals surface area contributed by atoms with Crippen LogP contribution < -0.4 is 5.32 Å². The Bertz CT molecular complexity index is 554. The van der Waals surface area contributed by atoms with E-state index in [-0.39, 0.29) is 5.82 Å². The van der Waals surface area contributed by atoms with Crippen molar-refractivity contribution < 1.29 is 9.13 Å². The summed E-state index contributed by atoms with van der Waals surface area (Å²) in [7, 11) is 1.68. The van der Waals surface area contributed by atoms with Crippen molar-refractivity contribution in [2.24, 2.45) is 0 Å². The van der Waals surface area contributed by atoms with Crippen molar-refractivity contribution in [3.8, 4) is 0 Å². The molecule has 0 spiro atoms. The van der Waals surface area contributed by atoms with Crippen LogP contribution in [0.1, 0.15) is 16.7 Å². The van der Waals surface area contributed by atoms with Crippen molar-refractivity contribution in [3.05, 3.63) is 65.0 Å². The lowest BCUT2D eigenvalue weighted by Gasteiger charge is -2.10. The van der Waals surface area contributed by atoms with E-state index in [9.17, 15) is 4.39 Å². The van der Waals surface area contributed by atoms with Gasteiger partial charge in [0.25, 0.3) is 0 Å². The third kappa shape index (κ3) is 3.80. The van der Waals surface area contributed by atoms with Gasteiger partial charge in [-0.3, -0.25) is 0 Å². The molecule has 100 valence electrons. The van der Waals surface area contributed by atoms with Crippen LogP contribution in [0.5, 0.6) is 0 Å². The molecular weight excluding hydrogens is 241 g/mol. The summed E-state index contributed by atoms with van der Waals surface area (Å²) in [6.45, 7) is 3.19. The van der Waals surface area contributed by atoms with E-state index >= 15 is 0 Å². The minimum Gasteiger partial charge on any atom is -0.381 e. The van der Waals surface area contributed by atoms with Crippen LogP contribution in [-0.4, -0.2) is 7.11 Å². The molecule has 0 aliphatic rings. The fraction of sp³-hybridized carbons (Fsp3) is 0.250. The molecule has 0 saturated carbocycles. The van der Waals surface area contributed by atoms with E-state index in [0.29, 0.717) is 13.2 Å². The smallest absolute Gasteiger partial charge is 0.123 e. The second-order valence-electron chi connectivity index (χ2n) is 4.56. The molecule has 0 aliphatic carbocycles. The molecule has 0 saturated heterocycles. The molecule has 0 aliphatic heterocycles. The molecule has 0 atom stereocenters. The van der Waals surface area contributed by atoms with Crippen LogP contribution in [0.2, 0.25) is 0 Å². The average Bonchev–Trinajstić information content (AvgIpc) is 2.41. The highest BCUT2D eigenvalue weighted by Crippen LogP contribution is 2.15. The van der Waals surface area contributed by atoms with Gasteiger partial charge in [0.15, 0.2) is 0 Å². The number of ether oxygens (including phenoxy) is 1. The van der Waals surface area contributed by atoms with Crippen LogP contribution in [0.25, 0.3) is 0 Å². The van der Waals surface area contributed by atoms with Crippen LogP contribution in [0.4, 0.5) is 10.1 Å². The summed E-state index contributed by atoms with van der Waals surface area (Å²) >= 11 is 0. The Kier molecular flexibility index (Phi) is 4.53. The number of methoxy groups -OCH3 is 1. The normalized spacial score (nSPS) is 10.5. The van der Waals surface area contributed by atoms with Gasteiger partial charge in [-0.2, -0.15) is 0 Å². The van der Waals surface area contributed by atoms with Gasteiger partial charge in [0, 0.05) is 19.3 Å². The summed E-state index contributed by atoms with van der Waals surface area (Å²) in [5.74, 6) is -0.199. The van der Waals surface area contributed by atoms with Crippen LogP contribution in [-0.2, 0) is 17.9 Å². The minimum atomic E-state index is -0.199. The number of hydrogen-bond acceptors (Lipinski definition) is 2. The Morgan fingerprint density at radius 1 is 1.16 bits per heavy atom. The maximum absolute atomic E-state index is 13.2. The molecule has 1 N–H and O–H groups in total. The van der Waals surface area contributed by atoms with Crippen molar-refractivity contribution in [2.45, 2.75) is 20.1 Å². The molecule has 0 bridgehead atoms. The van der Waals surface area contributed by atoms with Gasteiger partial charge in [-0.05, 0) is 47.9 Å². The second kappa shape index (κ2) is 6.34. The van der Waals surface area contributed by atoms with Crippen LogP contribution in [0, 0.1) is 12.7 Å². The first-order valence-corrected chi connectivity index (χ1v) is 6.26. The third-order valence-electron chi connectivity index (χ3n) is 3.03. The van der Waals surface area contributed by atoms with Crippen molar-refractivity contribution in [1.82, 2.24) is 0 Å². The number of anilines is 1. The Hall–Kier alpha value is -1.87. The summed E-state index contributed by atoms with van der Waals surface area (Å²) < 4.78 is 18.3. The predicted molar refractivity (Wildman–Crippen MR) is 75.6 cm³/mol. The first-order valence-electron chi connectivity index (χ1n) is 6.26. The highest BCUT2D eigenvalue weighted by atomic mass is 19.1. The van der Waals surface area contributed by atoms with Gasteiger partial charge >= 0.3 is 0 Å². The monoisotopic (exact) mass is 259 g/mol. The highest BCUT2D eigenvalue weighted by Gasteiger charge is 2.01. The summed E-state index contributed by atoms with van der Waals surface area (Å²) in [5.41, 5.74) is 4.18. The number of hydrogen-bond donors (Lipinski definition) is 1. The lowest BCUT2D eigenvalue weighted by Crippen LogP contribution is -2.02. The second-order valence-corrected chi connectivity index (χ2v) is 4.56. The van der Waals surface area contributed by atoms with Gasteiger partial charge in [-0.25, -0.2) is 4.39 Å². The number of aryl methyl sites for hydroxylation is 1. The van der Waals surface area contributed by atoms with E-state index in [1.54, 1.807) is 19.2 Å². The summed E-state index contributed by atoms with van der Waals surface area (Å²) in [4.78, 5) is 0. The Morgan fingerprint density at radius 3 is 2.79 bits per heavy atom. The number of halogens is 1. The summed E-state index contributed by atoms with van der Waals surface area (Å²) in [5, 5.41) is 3.31. The van der Waals surface area contributed by atoms with Gasteiger partial charge in [-0.15, -0.1) is 0 Å². The number of nitrogens with one attached hydrogen (secondary N) is 1. The van der Waals surface area contributed by atoms with Crippen molar-refractivity contribution >= 4 is 5.69 Å². The number of rotatable bonds is 5. The topological polar surface area (TPSA) is 21.3 Å². The largest absolute Gasteiger partial charge is 0.381 e. The van der Waals surface area contributed by atoms with E-state index in [0.717, 1.165) is 22.4 Å². The molecule has 0 heterocycles. The van der Waals surface area contributed by atoms with Crippen LogP contribution in [0.15, 0.2) is 42.5 Å². The van der Waals surface area contributed by atoms with Gasteiger partial charge in [-0.1, -0.05) is 18.2 Å². The van der Waals surface area contributed by atoms with Crippen LogP contribution in [0.3, 0.4) is 0 Å². The maximum atomic E-state index is 13.2. The molecule has 2 aromatic carbocycles. The zero-order valence-electron chi connectivity index (χ0n) is 11.2. The average molecular weight is 259 g/mol. The summed E-state index contributed by atoms with van der Waals surface area (Å²) in [6, 6.07) is 12.9. The van der Waals surface area contributed by atoms with Gasteiger partial charge in [0.1, 0.15) is 5.82 Å². The standard InChI is InChI=1S/C16H18FNO/c1-12-6-7-15(17)9-14(12)10-18-16-5-3-4-13(8-16)11-19-2/h3-9,18H,10-11H2,1-2H3. The fourth-order valence-corrected chi connectivity index (χ4v) is 1.97. The van der Waals surface area contributed by atoms with E-state index in [1.165, 1.54) is 6.07 Å². The zero-order valence-corrected chi connectivity index (χ0v) is 11.2. The molecule has 0 amide bonds. The Labute approximate surface area is 113 Å².